The summed E-state index contributed by atoms with van der Waals surface area (Å²) in [5.41, 5.74) is 0.638. The molecule has 0 spiro atoms. The summed E-state index contributed by atoms with van der Waals surface area (Å²) in [5, 5.41) is 11.8. The Hall–Kier alpha value is -5.02. The first kappa shape index (κ1) is 75.0. The Balaban J connectivity index is 0.000000494. The molecule has 4 aliphatic rings. The van der Waals surface area contributed by atoms with Crippen molar-refractivity contribution in [2.75, 3.05) is 85.6 Å². The van der Waals surface area contributed by atoms with Crippen LogP contribution in [0.25, 0.3) is 0 Å². The molecule has 0 saturated carbocycles. The van der Waals surface area contributed by atoms with Crippen LogP contribution < -0.4 is 26.0 Å². The maximum absolute atomic E-state index is 11.7. The molecule has 468 valence electrons. The van der Waals surface area contributed by atoms with Gasteiger partial charge in [0.2, 0.25) is 35.4 Å². The SMILES string of the molecule is CC(C)(C)C(=O)N1CCCC1.CC(C)(C)C(=O)N1CCCCC1.CC(C)(C)C(=O)NCCN1CCCC1.CC(C)(C)C(=O)NCCN1CCCCC1.CC(C)(C)C(=O)NCc1ccccc1.COc1ccc(CNC(=O)C(C)(C)C)cc1. The number of nitrogens with zero attached hydrogens (tertiary/aromatic N) is 4. The Bertz CT molecular complexity index is 2130. The molecule has 4 N–H and O–H groups in total. The predicted octanol–water partition coefficient (Wildman–Crippen LogP) is 11.3. The lowest BCUT2D eigenvalue weighted by molar-refractivity contribution is -0.140. The number of carbonyl (C=O) groups excluding carboxylic acids is 6. The lowest BCUT2D eigenvalue weighted by atomic mass is 9.93. The molecular weight excluding hydrogens is 1030 g/mol. The molecule has 6 amide bonds. The second-order valence-electron chi connectivity index (χ2n) is 28.5. The van der Waals surface area contributed by atoms with Crippen LogP contribution in [-0.4, -0.2) is 141 Å². The van der Waals surface area contributed by atoms with Crippen LogP contribution in [0.4, 0.5) is 0 Å². The first-order chi connectivity index (χ1) is 38.0. The summed E-state index contributed by atoms with van der Waals surface area (Å²) in [6, 6.07) is 17.6. The predicted molar refractivity (Wildman–Crippen MR) is 338 cm³/mol. The van der Waals surface area contributed by atoms with Crippen molar-refractivity contribution in [1.29, 1.82) is 0 Å². The number of hydrogen-bond acceptors (Lipinski definition) is 9. The van der Waals surface area contributed by atoms with Crippen molar-refractivity contribution in [3.63, 3.8) is 0 Å². The molecule has 0 aliphatic carbocycles. The van der Waals surface area contributed by atoms with E-state index in [2.05, 4.69) is 31.1 Å². The molecule has 0 radical (unpaired) electrons. The van der Waals surface area contributed by atoms with Crippen molar-refractivity contribution in [2.24, 2.45) is 32.5 Å². The molecule has 6 rings (SSSR count). The molecule has 0 bridgehead atoms. The highest BCUT2D eigenvalue weighted by Gasteiger charge is 2.30. The van der Waals surface area contributed by atoms with Gasteiger partial charge in [-0.15, -0.1) is 0 Å². The van der Waals surface area contributed by atoms with E-state index in [1.54, 1.807) is 7.11 Å². The zero-order chi connectivity index (χ0) is 62.4. The van der Waals surface area contributed by atoms with Gasteiger partial charge in [-0.05, 0) is 107 Å². The lowest BCUT2D eigenvalue weighted by Gasteiger charge is -2.32. The molecule has 2 aromatic carbocycles. The van der Waals surface area contributed by atoms with Gasteiger partial charge in [0.25, 0.3) is 0 Å². The van der Waals surface area contributed by atoms with Gasteiger partial charge in [0.1, 0.15) is 5.75 Å². The van der Waals surface area contributed by atoms with Gasteiger partial charge in [-0.1, -0.05) is 174 Å². The molecule has 0 aromatic heterocycles. The highest BCUT2D eigenvalue weighted by molar-refractivity contribution is 5.83. The molecule has 15 nitrogen and oxygen atoms in total. The minimum Gasteiger partial charge on any atom is -0.497 e. The third-order valence-corrected chi connectivity index (χ3v) is 14.0. The van der Waals surface area contributed by atoms with E-state index in [1.807, 2.05) is 189 Å². The number of hydrogen-bond donors (Lipinski definition) is 4. The van der Waals surface area contributed by atoms with Gasteiger partial charge in [0.15, 0.2) is 0 Å². The van der Waals surface area contributed by atoms with Crippen molar-refractivity contribution >= 4 is 35.4 Å². The highest BCUT2D eigenvalue weighted by atomic mass is 16.5. The van der Waals surface area contributed by atoms with Gasteiger partial charge in [-0.25, -0.2) is 0 Å². The Morgan fingerprint density at radius 2 is 0.646 bits per heavy atom. The highest BCUT2D eigenvalue weighted by Crippen LogP contribution is 2.23. The van der Waals surface area contributed by atoms with Crippen LogP contribution in [0.2, 0.25) is 0 Å². The van der Waals surface area contributed by atoms with Crippen molar-refractivity contribution in [2.45, 2.75) is 202 Å². The molecular formula is C67H118N8O7. The van der Waals surface area contributed by atoms with Crippen molar-refractivity contribution in [3.05, 3.63) is 65.7 Å². The normalized spacial score (nSPS) is 16.0. The summed E-state index contributed by atoms with van der Waals surface area (Å²) < 4.78 is 5.06. The number of carbonyl (C=O) groups is 6. The van der Waals surface area contributed by atoms with Gasteiger partial charge in [-0.3, -0.25) is 28.8 Å². The molecule has 4 aliphatic heterocycles. The van der Waals surface area contributed by atoms with Gasteiger partial charge >= 0.3 is 0 Å². The monoisotopic (exact) mass is 1150 g/mol. The number of amides is 6. The molecule has 0 unspecified atom stereocenters. The van der Waals surface area contributed by atoms with E-state index in [0.29, 0.717) is 24.9 Å². The fourth-order valence-electron chi connectivity index (χ4n) is 8.57. The third-order valence-electron chi connectivity index (χ3n) is 14.0. The summed E-state index contributed by atoms with van der Waals surface area (Å²) in [5.74, 6) is 1.88. The first-order valence-electron chi connectivity index (χ1n) is 30.8. The smallest absolute Gasteiger partial charge is 0.227 e. The lowest BCUT2D eigenvalue weighted by Crippen LogP contribution is -2.42. The number of rotatable bonds is 11. The summed E-state index contributed by atoms with van der Waals surface area (Å²) in [7, 11) is 1.64. The van der Waals surface area contributed by atoms with Crippen LogP contribution in [0.15, 0.2) is 54.6 Å². The summed E-state index contributed by atoms with van der Waals surface area (Å²) in [6.07, 6.45) is 12.6. The largest absolute Gasteiger partial charge is 0.497 e. The number of benzene rings is 2. The standard InChI is InChI=1S/C13H19NO2.C12H24N2O.C12H17NO.C11H22N2O.C10H19NO.C9H17NO/c1-13(2,3)12(15)14-9-10-5-7-11(16-4)8-6-10;1-12(2,3)11(15)13-7-10-14-8-5-4-6-9-14;1-12(2,3)11(14)13-9-10-7-5-4-6-8-10;1-11(2,3)10(14)12-6-9-13-7-4-5-8-13;1-10(2,3)9(12)11-7-5-4-6-8-11;1-9(2,3)8(11)10-6-4-5-7-10/h5-8H,9H2,1-4H3,(H,14,15);4-10H2,1-3H3,(H,13,15);4-8H,9H2,1-3H3,(H,13,14);4-9H2,1-3H3,(H,12,14);4-8H2,1-3H3;4-7H2,1-3H3. The zero-order valence-corrected chi connectivity index (χ0v) is 55.3. The van der Waals surface area contributed by atoms with Crippen LogP contribution in [-0.2, 0) is 41.9 Å². The Morgan fingerprint density at radius 3 is 0.951 bits per heavy atom. The Kier molecular flexibility index (Phi) is 33.5. The fraction of sp³-hybridized carbons (Fsp3) is 0.731. The van der Waals surface area contributed by atoms with Gasteiger partial charge in [-0.2, -0.15) is 0 Å². The Morgan fingerprint density at radius 1 is 0.366 bits per heavy atom. The summed E-state index contributed by atoms with van der Waals surface area (Å²) in [6.45, 7) is 48.4. The average molecular weight is 1150 g/mol. The number of likely N-dealkylation sites (tertiary alicyclic amines) is 4. The van der Waals surface area contributed by atoms with E-state index in [-0.39, 0.29) is 56.1 Å². The average Bonchev–Trinajstić information content (AvgIpc) is 4.16. The van der Waals surface area contributed by atoms with Crippen LogP contribution in [0, 0.1) is 32.5 Å². The fourth-order valence-corrected chi connectivity index (χ4v) is 8.57. The molecule has 4 saturated heterocycles. The molecule has 2 aromatic rings. The van der Waals surface area contributed by atoms with E-state index in [4.69, 9.17) is 4.74 Å². The maximum Gasteiger partial charge on any atom is 0.227 e. The summed E-state index contributed by atoms with van der Waals surface area (Å²) in [4.78, 5) is 78.4. The second-order valence-corrected chi connectivity index (χ2v) is 28.5. The molecule has 15 heteroatoms. The van der Waals surface area contributed by atoms with Gasteiger partial charge in [0, 0.05) is 97.9 Å². The van der Waals surface area contributed by atoms with E-state index in [1.165, 1.54) is 90.4 Å². The van der Waals surface area contributed by atoms with Crippen LogP contribution in [0.5, 0.6) is 5.75 Å². The molecule has 4 heterocycles. The number of ether oxygens (including phenoxy) is 1. The topological polar surface area (TPSA) is 173 Å². The molecule has 82 heavy (non-hydrogen) atoms. The Labute approximate surface area is 499 Å². The van der Waals surface area contributed by atoms with E-state index < -0.39 is 0 Å². The number of methoxy groups -OCH3 is 1. The van der Waals surface area contributed by atoms with Crippen LogP contribution >= 0.6 is 0 Å². The summed E-state index contributed by atoms with van der Waals surface area (Å²) >= 11 is 0. The number of nitrogens with one attached hydrogen (secondary N) is 4. The van der Waals surface area contributed by atoms with Crippen LogP contribution in [0.3, 0.4) is 0 Å². The van der Waals surface area contributed by atoms with E-state index >= 15 is 0 Å². The van der Waals surface area contributed by atoms with Crippen molar-refractivity contribution < 1.29 is 33.5 Å². The van der Waals surface area contributed by atoms with Gasteiger partial charge < -0.3 is 45.6 Å². The maximum atomic E-state index is 11.7. The minimum absolute atomic E-state index is 0.0586. The van der Waals surface area contributed by atoms with E-state index in [0.717, 1.165) is 69.2 Å². The molecule has 4 fully saturated rings. The number of piperidine rings is 2. The quantitative estimate of drug-likeness (QED) is 0.171. The molecule has 0 atom stereocenters. The first-order valence-corrected chi connectivity index (χ1v) is 30.8. The minimum atomic E-state index is -0.341. The second kappa shape index (κ2) is 36.6. The third kappa shape index (κ3) is 33.3. The van der Waals surface area contributed by atoms with Crippen molar-refractivity contribution in [3.8, 4) is 5.75 Å². The van der Waals surface area contributed by atoms with E-state index in [9.17, 15) is 28.8 Å². The van der Waals surface area contributed by atoms with Gasteiger partial charge in [0.05, 0.1) is 7.11 Å². The van der Waals surface area contributed by atoms with Crippen molar-refractivity contribution in [1.82, 2.24) is 40.9 Å². The zero-order valence-electron chi connectivity index (χ0n) is 55.3. The van der Waals surface area contributed by atoms with Crippen LogP contribution in [0.1, 0.15) is 200 Å².